The van der Waals surface area contributed by atoms with Gasteiger partial charge in [-0.15, -0.1) is 0 Å². The number of para-hydroxylation sites is 2. The third kappa shape index (κ3) is 2.76. The number of benzene rings is 6. The minimum Gasteiger partial charge on any atom is -0.309 e. The number of rotatable bonds is 3. The third-order valence-electron chi connectivity index (χ3n) is 8.21. The smallest absolute Gasteiger partial charge is 0.0713 e. The maximum atomic E-state index is 8.02. The zero-order valence-corrected chi connectivity index (χ0v) is 20.8. The van der Waals surface area contributed by atoms with Crippen LogP contribution in [0.15, 0.2) is 152 Å². The van der Waals surface area contributed by atoms with Gasteiger partial charge in [-0.2, -0.15) is 0 Å². The minimum atomic E-state index is -0.418. The molecule has 0 fully saturated rings. The Kier molecular flexibility index (Phi) is 4.29. The van der Waals surface area contributed by atoms with Crippen molar-refractivity contribution in [2.45, 2.75) is 5.41 Å². The summed E-state index contributed by atoms with van der Waals surface area (Å²) in [5.41, 5.74) is 10.7. The molecule has 1 aliphatic carbocycles. The van der Waals surface area contributed by atoms with Crippen molar-refractivity contribution in [2.24, 2.45) is 0 Å². The van der Waals surface area contributed by atoms with E-state index in [1.807, 2.05) is 24.3 Å². The summed E-state index contributed by atoms with van der Waals surface area (Å²) in [5.74, 6) is 0. The largest absolute Gasteiger partial charge is 0.309 e. The molecule has 0 N–H and O–H groups in total. The second kappa shape index (κ2) is 8.06. The molecule has 0 amide bonds. The predicted molar refractivity (Wildman–Crippen MR) is 158 cm³/mol. The van der Waals surface area contributed by atoms with E-state index < -0.39 is 5.41 Å². The van der Waals surface area contributed by atoms with Gasteiger partial charge >= 0.3 is 0 Å². The van der Waals surface area contributed by atoms with Gasteiger partial charge in [-0.1, -0.05) is 121 Å². The van der Waals surface area contributed by atoms with Crippen LogP contribution in [0.4, 0.5) is 0 Å². The normalized spacial score (nSPS) is 13.8. The van der Waals surface area contributed by atoms with Gasteiger partial charge in [0.1, 0.15) is 0 Å². The molecule has 1 heterocycles. The van der Waals surface area contributed by atoms with Crippen LogP contribution in [-0.2, 0) is 5.41 Å². The Hall–Kier alpha value is -4.88. The molecule has 1 aliphatic rings. The van der Waals surface area contributed by atoms with Gasteiger partial charge in [-0.3, -0.25) is 0 Å². The summed E-state index contributed by atoms with van der Waals surface area (Å²) in [5, 5.41) is 2.47. The highest BCUT2D eigenvalue weighted by Gasteiger charge is 2.46. The number of fused-ring (bicyclic) bond motifs is 6. The van der Waals surface area contributed by atoms with Crippen LogP contribution in [0, 0.1) is 0 Å². The van der Waals surface area contributed by atoms with Crippen molar-refractivity contribution in [3.05, 3.63) is 174 Å². The zero-order chi connectivity index (χ0) is 26.0. The SMILES string of the molecule is [3H]c1ccc(-n2c3ccccc3c3cc4c(cc32)-c2ccccc2C4(c2ccccc2)c2ccccc2)cc1. The molecule has 0 radical (unpaired) electrons. The number of hydrogen-bond donors (Lipinski definition) is 0. The summed E-state index contributed by atoms with van der Waals surface area (Å²) < 4.78 is 10.4. The van der Waals surface area contributed by atoms with Crippen LogP contribution >= 0.6 is 0 Å². The van der Waals surface area contributed by atoms with Gasteiger partial charge in [0.25, 0.3) is 0 Å². The zero-order valence-electron chi connectivity index (χ0n) is 21.8. The van der Waals surface area contributed by atoms with Crippen LogP contribution < -0.4 is 0 Å². The first kappa shape index (κ1) is 20.2. The van der Waals surface area contributed by atoms with Gasteiger partial charge < -0.3 is 4.57 Å². The van der Waals surface area contributed by atoms with E-state index in [0.717, 1.165) is 5.69 Å². The summed E-state index contributed by atoms with van der Waals surface area (Å²) in [4.78, 5) is 0. The molecule has 178 valence electrons. The third-order valence-corrected chi connectivity index (χ3v) is 8.21. The molecular weight excluding hydrogens is 458 g/mol. The lowest BCUT2D eigenvalue weighted by molar-refractivity contribution is 0.769. The van der Waals surface area contributed by atoms with Crippen molar-refractivity contribution < 1.29 is 1.37 Å². The Balaban J connectivity index is 1.56. The molecule has 0 bridgehead atoms. The van der Waals surface area contributed by atoms with Crippen LogP contribution in [0.2, 0.25) is 0 Å². The van der Waals surface area contributed by atoms with Crippen LogP contribution in [0.3, 0.4) is 0 Å². The predicted octanol–water partition coefficient (Wildman–Crippen LogP) is 9.15. The molecule has 0 aliphatic heterocycles. The van der Waals surface area contributed by atoms with Crippen molar-refractivity contribution >= 4 is 21.8 Å². The second-order valence-corrected chi connectivity index (χ2v) is 10.1. The first-order chi connectivity index (χ1) is 19.3. The molecule has 6 aromatic carbocycles. The molecule has 0 unspecified atom stereocenters. The van der Waals surface area contributed by atoms with Crippen LogP contribution in [0.1, 0.15) is 23.6 Å². The lowest BCUT2D eigenvalue weighted by Crippen LogP contribution is -2.28. The average Bonchev–Trinajstić information content (AvgIpc) is 3.48. The van der Waals surface area contributed by atoms with E-state index in [0.29, 0.717) is 6.04 Å². The van der Waals surface area contributed by atoms with Crippen LogP contribution in [-0.4, -0.2) is 4.57 Å². The molecule has 38 heavy (non-hydrogen) atoms. The molecule has 1 aromatic heterocycles. The van der Waals surface area contributed by atoms with E-state index >= 15 is 0 Å². The summed E-state index contributed by atoms with van der Waals surface area (Å²) >= 11 is 0. The fourth-order valence-electron chi connectivity index (χ4n) is 6.71. The summed E-state index contributed by atoms with van der Waals surface area (Å²) in [6, 6.07) is 52.7. The lowest BCUT2D eigenvalue weighted by Gasteiger charge is -2.33. The molecule has 0 atom stereocenters. The molecule has 0 spiro atoms. The van der Waals surface area contributed by atoms with Gasteiger partial charge in [0.2, 0.25) is 0 Å². The molecule has 0 saturated carbocycles. The Labute approximate surface area is 223 Å². The Morgan fingerprint density at radius 3 is 1.84 bits per heavy atom. The molecule has 0 saturated heterocycles. The Morgan fingerprint density at radius 1 is 0.474 bits per heavy atom. The van der Waals surface area contributed by atoms with Gasteiger partial charge in [0.05, 0.1) is 17.8 Å². The summed E-state index contributed by atoms with van der Waals surface area (Å²) in [6.45, 7) is 0. The number of nitrogens with zero attached hydrogens (tertiary/aromatic N) is 1. The minimum absolute atomic E-state index is 0.418. The first-order valence-electron chi connectivity index (χ1n) is 13.6. The van der Waals surface area contributed by atoms with Crippen molar-refractivity contribution in [1.29, 1.82) is 0 Å². The van der Waals surface area contributed by atoms with Crippen molar-refractivity contribution in [3.8, 4) is 16.8 Å². The maximum absolute atomic E-state index is 8.02. The Bertz CT molecular complexity index is 1960. The quantitative estimate of drug-likeness (QED) is 0.235. The maximum Gasteiger partial charge on any atom is 0.0713 e. The number of aromatic nitrogens is 1. The highest BCUT2D eigenvalue weighted by atomic mass is 15.0. The highest BCUT2D eigenvalue weighted by molar-refractivity contribution is 6.11. The van der Waals surface area contributed by atoms with Crippen molar-refractivity contribution in [2.75, 3.05) is 0 Å². The monoisotopic (exact) mass is 485 g/mol. The van der Waals surface area contributed by atoms with E-state index in [1.165, 1.54) is 55.2 Å². The molecule has 1 nitrogen and oxygen atoms in total. The van der Waals surface area contributed by atoms with Crippen molar-refractivity contribution in [1.82, 2.24) is 4.57 Å². The number of hydrogen-bond acceptors (Lipinski definition) is 0. The molecular formula is C37H25N. The topological polar surface area (TPSA) is 4.93 Å². The fourth-order valence-corrected chi connectivity index (χ4v) is 6.71. The van der Waals surface area contributed by atoms with Crippen molar-refractivity contribution in [3.63, 3.8) is 0 Å². The molecule has 8 rings (SSSR count). The second-order valence-electron chi connectivity index (χ2n) is 10.1. The van der Waals surface area contributed by atoms with Gasteiger partial charge in [0.15, 0.2) is 0 Å². The van der Waals surface area contributed by atoms with E-state index in [-0.39, 0.29) is 0 Å². The molecule has 7 aromatic rings. The fraction of sp³-hybridized carbons (Fsp3) is 0.0270. The van der Waals surface area contributed by atoms with E-state index in [4.69, 9.17) is 1.37 Å². The Morgan fingerprint density at radius 2 is 1.11 bits per heavy atom. The van der Waals surface area contributed by atoms with E-state index in [2.05, 4.69) is 126 Å². The average molecular weight is 486 g/mol. The van der Waals surface area contributed by atoms with Crippen LogP contribution in [0.5, 0.6) is 0 Å². The van der Waals surface area contributed by atoms with Gasteiger partial charge in [-0.05, 0) is 63.7 Å². The summed E-state index contributed by atoms with van der Waals surface area (Å²) in [6.07, 6.45) is 0. The standard InChI is InChI=1S/C37H25N/c1-4-14-26(15-5-1)37(27-16-6-2-7-17-27)33-22-12-10-20-29(33)31-25-36-32(24-34(31)37)30-21-11-13-23-35(30)38(36)28-18-8-3-9-19-28/h1-25H/i3T. The van der Waals surface area contributed by atoms with Crippen LogP contribution in [0.25, 0.3) is 38.6 Å². The van der Waals surface area contributed by atoms with Gasteiger partial charge in [0, 0.05) is 16.5 Å². The van der Waals surface area contributed by atoms with E-state index in [9.17, 15) is 0 Å². The van der Waals surface area contributed by atoms with E-state index in [1.54, 1.807) is 0 Å². The molecule has 1 heteroatoms. The highest BCUT2D eigenvalue weighted by Crippen LogP contribution is 2.57. The first-order valence-corrected chi connectivity index (χ1v) is 13.1. The lowest BCUT2D eigenvalue weighted by atomic mass is 9.67. The summed E-state index contributed by atoms with van der Waals surface area (Å²) in [7, 11) is 0. The van der Waals surface area contributed by atoms with Gasteiger partial charge in [-0.25, -0.2) is 0 Å².